The molecule has 0 radical (unpaired) electrons. The summed E-state index contributed by atoms with van der Waals surface area (Å²) in [5.41, 5.74) is 5.92. The molecule has 4 rings (SSSR count). The lowest BCUT2D eigenvalue weighted by Gasteiger charge is -2.21. The van der Waals surface area contributed by atoms with Gasteiger partial charge in [0.15, 0.2) is 17.3 Å². The highest BCUT2D eigenvalue weighted by Crippen LogP contribution is 2.35. The first-order valence-corrected chi connectivity index (χ1v) is 10.6. The Bertz CT molecular complexity index is 1410. The molecule has 2 aromatic heterocycles. The quantitative estimate of drug-likeness (QED) is 0.192. The maximum atomic E-state index is 15.3. The fourth-order valence-corrected chi connectivity index (χ4v) is 3.41. The van der Waals surface area contributed by atoms with Crippen molar-refractivity contribution < 1.29 is 18.3 Å². The van der Waals surface area contributed by atoms with E-state index >= 15 is 4.39 Å². The van der Waals surface area contributed by atoms with Crippen molar-refractivity contribution >= 4 is 11.5 Å². The molecule has 0 spiro atoms. The Morgan fingerprint density at radius 3 is 2.58 bits per heavy atom. The lowest BCUT2D eigenvalue weighted by molar-refractivity contribution is 0.259. The van der Waals surface area contributed by atoms with Crippen LogP contribution in [0.2, 0.25) is 0 Å². The van der Waals surface area contributed by atoms with Crippen LogP contribution in [0.25, 0.3) is 5.95 Å². The second-order valence-corrected chi connectivity index (χ2v) is 7.41. The number of nitrogens with zero attached hydrogens (tertiary/aromatic N) is 4. The molecule has 2 aromatic carbocycles. The number of halogens is 2. The van der Waals surface area contributed by atoms with Gasteiger partial charge in [-0.05, 0) is 36.4 Å². The zero-order valence-electron chi connectivity index (χ0n) is 19.0. The Morgan fingerprint density at radius 2 is 1.94 bits per heavy atom. The fourth-order valence-electron chi connectivity index (χ4n) is 3.41. The van der Waals surface area contributed by atoms with Crippen LogP contribution in [0.1, 0.15) is 23.0 Å². The van der Waals surface area contributed by atoms with Gasteiger partial charge in [-0.25, -0.2) is 23.5 Å². The van der Waals surface area contributed by atoms with Gasteiger partial charge in [0.05, 0.1) is 7.11 Å². The standard InChI is InChI=1S/C23H22F2N8O3/c1-35-17-12-16(25)15(11-18(17)36-10-7-24)19(30-14-5-3-13(4-6-14)20(26)27)21-31-23(34)33(32-21)22-28-8-2-9-29-22/h2-6,8-9,11-12,19,30H,7,10H2,1H3,(H3,26,27)(H,31,32,34). The number of nitrogens with one attached hydrogen (secondary N) is 3. The van der Waals surface area contributed by atoms with E-state index in [9.17, 15) is 9.18 Å². The Labute approximate surface area is 203 Å². The van der Waals surface area contributed by atoms with Crippen LogP contribution in [0.15, 0.2) is 59.7 Å². The third-order valence-corrected chi connectivity index (χ3v) is 5.09. The van der Waals surface area contributed by atoms with Crippen LogP contribution >= 0.6 is 0 Å². The number of H-pyrrole nitrogens is 1. The van der Waals surface area contributed by atoms with E-state index < -0.39 is 24.2 Å². The summed E-state index contributed by atoms with van der Waals surface area (Å²) in [7, 11) is 1.34. The second kappa shape index (κ2) is 10.6. The number of anilines is 1. The number of nitrogens with two attached hydrogens (primary N) is 1. The summed E-state index contributed by atoms with van der Waals surface area (Å²) in [5.74, 6) is -0.548. The molecule has 0 amide bonds. The number of hydrogen-bond acceptors (Lipinski definition) is 8. The van der Waals surface area contributed by atoms with Crippen molar-refractivity contribution in [3.05, 3.63) is 88.1 Å². The summed E-state index contributed by atoms with van der Waals surface area (Å²) in [6.45, 7) is -1.02. The SMILES string of the molecule is COc1cc(F)c(C(Nc2ccc(C(=N)N)cc2)c2nn(-c3ncccn3)c(=O)[nH]2)cc1OCCF. The van der Waals surface area contributed by atoms with E-state index in [4.69, 9.17) is 20.6 Å². The van der Waals surface area contributed by atoms with Gasteiger partial charge < -0.3 is 20.5 Å². The summed E-state index contributed by atoms with van der Waals surface area (Å²) in [6, 6.07) is 9.50. The molecule has 0 aliphatic carbocycles. The molecule has 1 unspecified atom stereocenters. The van der Waals surface area contributed by atoms with Gasteiger partial charge in [0.25, 0.3) is 5.95 Å². The highest BCUT2D eigenvalue weighted by Gasteiger charge is 2.26. The average Bonchev–Trinajstić information content (AvgIpc) is 3.28. The number of nitrogen functional groups attached to an aromatic ring is 1. The Balaban J connectivity index is 1.82. The Kier molecular flexibility index (Phi) is 7.18. The number of amidine groups is 1. The molecule has 5 N–H and O–H groups in total. The van der Waals surface area contributed by atoms with Gasteiger partial charge in [0.1, 0.15) is 31.0 Å². The molecule has 0 bridgehead atoms. The van der Waals surface area contributed by atoms with Gasteiger partial charge in [0, 0.05) is 35.3 Å². The van der Waals surface area contributed by atoms with Crippen LogP contribution in [0.4, 0.5) is 14.5 Å². The van der Waals surface area contributed by atoms with Crippen LogP contribution in [-0.4, -0.2) is 51.0 Å². The van der Waals surface area contributed by atoms with Crippen molar-refractivity contribution in [2.75, 3.05) is 25.7 Å². The molecule has 1 atom stereocenters. The molecule has 4 aromatic rings. The van der Waals surface area contributed by atoms with Crippen molar-refractivity contribution in [1.82, 2.24) is 24.7 Å². The van der Waals surface area contributed by atoms with E-state index in [0.717, 1.165) is 10.7 Å². The van der Waals surface area contributed by atoms with Crippen LogP contribution in [-0.2, 0) is 0 Å². The van der Waals surface area contributed by atoms with E-state index in [0.29, 0.717) is 11.3 Å². The number of rotatable bonds is 10. The van der Waals surface area contributed by atoms with Crippen LogP contribution in [0.5, 0.6) is 11.5 Å². The zero-order valence-corrected chi connectivity index (χ0v) is 19.0. The number of ether oxygens (including phenoxy) is 2. The van der Waals surface area contributed by atoms with Gasteiger partial charge in [-0.1, -0.05) is 0 Å². The number of benzene rings is 2. The second-order valence-electron chi connectivity index (χ2n) is 7.41. The number of methoxy groups -OCH3 is 1. The maximum absolute atomic E-state index is 15.3. The minimum atomic E-state index is -1.04. The van der Waals surface area contributed by atoms with E-state index in [2.05, 4.69) is 25.4 Å². The van der Waals surface area contributed by atoms with Gasteiger partial charge >= 0.3 is 5.69 Å². The first-order valence-electron chi connectivity index (χ1n) is 10.6. The molecule has 186 valence electrons. The topological polar surface area (TPSA) is 157 Å². The predicted molar refractivity (Wildman–Crippen MR) is 127 cm³/mol. The normalized spacial score (nSPS) is 11.6. The first kappa shape index (κ1) is 24.3. The van der Waals surface area contributed by atoms with Crippen LogP contribution < -0.4 is 26.2 Å². The lowest BCUT2D eigenvalue weighted by atomic mass is 10.0. The van der Waals surface area contributed by atoms with Gasteiger partial charge in [-0.15, -0.1) is 9.78 Å². The summed E-state index contributed by atoms with van der Waals surface area (Å²) in [6.07, 6.45) is 2.90. The molecule has 0 aliphatic rings. The van der Waals surface area contributed by atoms with Crippen molar-refractivity contribution in [3.8, 4) is 17.4 Å². The molecule has 13 heteroatoms. The third-order valence-electron chi connectivity index (χ3n) is 5.09. The number of alkyl halides is 1. The highest BCUT2D eigenvalue weighted by molar-refractivity contribution is 5.95. The molecule has 0 saturated heterocycles. The molecule has 0 saturated carbocycles. The maximum Gasteiger partial charge on any atom is 0.350 e. The van der Waals surface area contributed by atoms with E-state index in [1.807, 2.05) is 0 Å². The largest absolute Gasteiger partial charge is 0.493 e. The van der Waals surface area contributed by atoms with Gasteiger partial charge in [0.2, 0.25) is 0 Å². The molecule has 11 nitrogen and oxygen atoms in total. The van der Waals surface area contributed by atoms with Crippen molar-refractivity contribution in [3.63, 3.8) is 0 Å². The summed E-state index contributed by atoms with van der Waals surface area (Å²) in [5, 5.41) is 15.0. The predicted octanol–water partition coefficient (Wildman–Crippen LogP) is 2.33. The van der Waals surface area contributed by atoms with Crippen molar-refractivity contribution in [2.24, 2.45) is 5.73 Å². The van der Waals surface area contributed by atoms with E-state index in [-0.39, 0.29) is 41.3 Å². The monoisotopic (exact) mass is 496 g/mol. The lowest BCUT2D eigenvalue weighted by Crippen LogP contribution is -2.18. The van der Waals surface area contributed by atoms with Crippen molar-refractivity contribution in [2.45, 2.75) is 6.04 Å². The smallest absolute Gasteiger partial charge is 0.350 e. The summed E-state index contributed by atoms with van der Waals surface area (Å²) < 4.78 is 39.6. The summed E-state index contributed by atoms with van der Waals surface area (Å²) in [4.78, 5) is 23.3. The van der Waals surface area contributed by atoms with Gasteiger partial charge in [-0.3, -0.25) is 10.4 Å². The minimum Gasteiger partial charge on any atom is -0.493 e. The zero-order chi connectivity index (χ0) is 25.7. The minimum absolute atomic E-state index is 0.0248. The molecule has 36 heavy (non-hydrogen) atoms. The summed E-state index contributed by atoms with van der Waals surface area (Å²) >= 11 is 0. The highest BCUT2D eigenvalue weighted by atomic mass is 19.1. The molecular formula is C23H22F2N8O3. The third kappa shape index (κ3) is 5.14. The van der Waals surface area contributed by atoms with Gasteiger partial charge in [-0.2, -0.15) is 0 Å². The van der Waals surface area contributed by atoms with Crippen LogP contribution in [0.3, 0.4) is 0 Å². The number of hydrogen-bond donors (Lipinski definition) is 4. The average molecular weight is 496 g/mol. The number of aromatic amines is 1. The molecule has 2 heterocycles. The van der Waals surface area contributed by atoms with Crippen LogP contribution in [0, 0.1) is 11.2 Å². The van der Waals surface area contributed by atoms with E-state index in [1.54, 1.807) is 30.3 Å². The van der Waals surface area contributed by atoms with Crippen molar-refractivity contribution in [1.29, 1.82) is 5.41 Å². The first-order chi connectivity index (χ1) is 17.4. The number of aromatic nitrogens is 5. The fraction of sp³-hybridized carbons (Fsp3) is 0.174. The van der Waals surface area contributed by atoms with E-state index in [1.165, 1.54) is 25.6 Å². The Morgan fingerprint density at radius 1 is 1.22 bits per heavy atom. The Hall–Kier alpha value is -4.81. The molecular weight excluding hydrogens is 474 g/mol. The molecule has 0 fully saturated rings. The molecule has 0 aliphatic heterocycles.